The minimum atomic E-state index is -0.833. The van der Waals surface area contributed by atoms with Crippen molar-refractivity contribution in [2.24, 2.45) is 23.7 Å². The number of nitrogens with zero attached hydrogens (tertiary/aromatic N) is 1. The van der Waals surface area contributed by atoms with Crippen LogP contribution in [0.4, 0.5) is 5.69 Å². The van der Waals surface area contributed by atoms with Crippen LogP contribution in [-0.4, -0.2) is 23.5 Å². The van der Waals surface area contributed by atoms with Gasteiger partial charge in [0.25, 0.3) is 0 Å². The van der Waals surface area contributed by atoms with Gasteiger partial charge >= 0.3 is 5.97 Å². The monoisotopic (exact) mass is 297 g/mol. The highest BCUT2D eigenvalue weighted by Crippen LogP contribution is 2.49. The summed E-state index contributed by atoms with van der Waals surface area (Å²) in [5.74, 6) is -1.68. The lowest BCUT2D eigenvalue weighted by Gasteiger charge is -2.34. The van der Waals surface area contributed by atoms with E-state index in [1.165, 1.54) is 5.56 Å². The van der Waals surface area contributed by atoms with Crippen molar-refractivity contribution in [1.29, 1.82) is 0 Å². The molecule has 1 saturated carbocycles. The van der Waals surface area contributed by atoms with Crippen molar-refractivity contribution in [3.63, 3.8) is 0 Å². The number of anilines is 1. The van der Waals surface area contributed by atoms with E-state index in [1.807, 2.05) is 35.3 Å². The molecule has 0 radical (unpaired) electrons. The van der Waals surface area contributed by atoms with Crippen LogP contribution in [0.2, 0.25) is 0 Å². The Bertz CT molecular complexity index is 666. The van der Waals surface area contributed by atoms with E-state index in [0.29, 0.717) is 6.54 Å². The molecule has 0 saturated heterocycles. The van der Waals surface area contributed by atoms with E-state index in [0.717, 1.165) is 24.9 Å². The Morgan fingerprint density at radius 1 is 1.09 bits per heavy atom. The molecule has 114 valence electrons. The molecule has 0 aromatic heterocycles. The fourth-order valence-corrected chi connectivity index (χ4v) is 4.44. The van der Waals surface area contributed by atoms with E-state index in [2.05, 4.69) is 6.07 Å². The molecule has 2 aliphatic carbocycles. The van der Waals surface area contributed by atoms with Crippen molar-refractivity contribution >= 4 is 17.6 Å². The number of carboxylic acid groups (broad SMARTS) is 1. The lowest BCUT2D eigenvalue weighted by Crippen LogP contribution is -2.45. The maximum atomic E-state index is 13.1. The molecule has 4 heteroatoms. The normalized spacial score (nSPS) is 32.1. The van der Waals surface area contributed by atoms with E-state index >= 15 is 0 Å². The SMILES string of the molecule is O=C(O)[C@H]1[C@@H](C(=O)N2CCCc3ccccc32)[C@H]2C=C[C@H]1C2. The highest BCUT2D eigenvalue weighted by molar-refractivity contribution is 5.99. The molecule has 4 atom stereocenters. The Kier molecular flexibility index (Phi) is 3.06. The Labute approximate surface area is 129 Å². The minimum Gasteiger partial charge on any atom is -0.481 e. The van der Waals surface area contributed by atoms with Crippen LogP contribution in [-0.2, 0) is 16.0 Å². The Hall–Kier alpha value is -2.10. The third kappa shape index (κ3) is 1.90. The second kappa shape index (κ2) is 4.97. The van der Waals surface area contributed by atoms with Crippen molar-refractivity contribution in [1.82, 2.24) is 0 Å². The number of para-hydroxylation sites is 1. The predicted molar refractivity (Wildman–Crippen MR) is 82.5 cm³/mol. The smallest absolute Gasteiger partial charge is 0.307 e. The summed E-state index contributed by atoms with van der Waals surface area (Å²) in [6.45, 7) is 0.694. The first-order valence-corrected chi connectivity index (χ1v) is 7.97. The van der Waals surface area contributed by atoms with Gasteiger partial charge in [-0.3, -0.25) is 9.59 Å². The van der Waals surface area contributed by atoms with Gasteiger partial charge in [0.2, 0.25) is 5.91 Å². The van der Waals surface area contributed by atoms with Crippen molar-refractivity contribution in [2.75, 3.05) is 11.4 Å². The van der Waals surface area contributed by atoms with E-state index in [-0.39, 0.29) is 17.7 Å². The Morgan fingerprint density at radius 3 is 2.59 bits per heavy atom. The quantitative estimate of drug-likeness (QED) is 0.853. The van der Waals surface area contributed by atoms with Crippen LogP contribution < -0.4 is 4.90 Å². The highest BCUT2D eigenvalue weighted by Gasteiger charge is 2.52. The summed E-state index contributed by atoms with van der Waals surface area (Å²) in [5.41, 5.74) is 2.15. The van der Waals surface area contributed by atoms with Gasteiger partial charge in [-0.25, -0.2) is 0 Å². The van der Waals surface area contributed by atoms with Gasteiger partial charge < -0.3 is 10.0 Å². The number of aryl methyl sites for hydroxylation is 1. The lowest BCUT2D eigenvalue weighted by atomic mass is 9.81. The van der Waals surface area contributed by atoms with Crippen molar-refractivity contribution in [2.45, 2.75) is 19.3 Å². The zero-order valence-electron chi connectivity index (χ0n) is 12.3. The fourth-order valence-electron chi connectivity index (χ4n) is 4.44. The second-order valence-corrected chi connectivity index (χ2v) is 6.56. The van der Waals surface area contributed by atoms with Crippen LogP contribution in [0, 0.1) is 23.7 Å². The molecular weight excluding hydrogens is 278 g/mol. The number of carbonyl (C=O) groups excluding carboxylic acids is 1. The summed E-state index contributed by atoms with van der Waals surface area (Å²) in [5, 5.41) is 9.54. The van der Waals surface area contributed by atoms with Crippen LogP contribution in [0.25, 0.3) is 0 Å². The topological polar surface area (TPSA) is 57.6 Å². The minimum absolute atomic E-state index is 0.00333. The molecular formula is C18H19NO3. The van der Waals surface area contributed by atoms with Crippen LogP contribution >= 0.6 is 0 Å². The van der Waals surface area contributed by atoms with E-state index in [9.17, 15) is 14.7 Å². The molecule has 1 aliphatic heterocycles. The summed E-state index contributed by atoms with van der Waals surface area (Å²) >= 11 is 0. The molecule has 1 amide bonds. The maximum Gasteiger partial charge on any atom is 0.307 e. The molecule has 3 aliphatic rings. The molecule has 1 N–H and O–H groups in total. The molecule has 1 fully saturated rings. The number of amides is 1. The first-order valence-electron chi connectivity index (χ1n) is 7.97. The zero-order valence-corrected chi connectivity index (χ0v) is 12.3. The standard InChI is InChI=1S/C18H19NO3/c20-17(15-12-7-8-13(10-12)16(15)18(21)22)19-9-3-5-11-4-1-2-6-14(11)19/h1-2,4,6-8,12-13,15-16H,3,5,9-10H2,(H,21,22)/t12-,13-,15-,16+/m0/s1. The second-order valence-electron chi connectivity index (χ2n) is 6.56. The van der Waals surface area contributed by atoms with E-state index in [1.54, 1.807) is 0 Å². The van der Waals surface area contributed by atoms with Crippen LogP contribution in [0.15, 0.2) is 36.4 Å². The molecule has 1 aromatic carbocycles. The van der Waals surface area contributed by atoms with Gasteiger partial charge in [-0.15, -0.1) is 0 Å². The Morgan fingerprint density at radius 2 is 1.82 bits per heavy atom. The third-order valence-electron chi connectivity index (χ3n) is 5.41. The largest absolute Gasteiger partial charge is 0.481 e. The van der Waals surface area contributed by atoms with E-state index < -0.39 is 17.8 Å². The fraction of sp³-hybridized carbons (Fsp3) is 0.444. The molecule has 1 heterocycles. The van der Waals surface area contributed by atoms with E-state index in [4.69, 9.17) is 0 Å². The number of hydrogen-bond donors (Lipinski definition) is 1. The van der Waals surface area contributed by atoms with Crippen molar-refractivity contribution in [3.05, 3.63) is 42.0 Å². The molecule has 1 aromatic rings. The van der Waals surface area contributed by atoms with Crippen molar-refractivity contribution in [3.8, 4) is 0 Å². The average molecular weight is 297 g/mol. The van der Waals surface area contributed by atoms with Gasteiger partial charge in [-0.2, -0.15) is 0 Å². The van der Waals surface area contributed by atoms with Crippen LogP contribution in [0.5, 0.6) is 0 Å². The van der Waals surface area contributed by atoms with Crippen molar-refractivity contribution < 1.29 is 14.7 Å². The molecule has 2 bridgehead atoms. The summed E-state index contributed by atoms with van der Waals surface area (Å²) in [6.07, 6.45) is 6.76. The summed E-state index contributed by atoms with van der Waals surface area (Å²) in [6, 6.07) is 7.97. The number of allylic oxidation sites excluding steroid dienone is 2. The van der Waals surface area contributed by atoms with Crippen LogP contribution in [0.3, 0.4) is 0 Å². The van der Waals surface area contributed by atoms with Gasteiger partial charge in [-0.05, 0) is 42.7 Å². The third-order valence-corrected chi connectivity index (χ3v) is 5.41. The highest BCUT2D eigenvalue weighted by atomic mass is 16.4. The number of rotatable bonds is 2. The molecule has 22 heavy (non-hydrogen) atoms. The molecule has 0 spiro atoms. The average Bonchev–Trinajstić information content (AvgIpc) is 3.14. The molecule has 4 nitrogen and oxygen atoms in total. The number of carboxylic acids is 1. The number of benzene rings is 1. The number of aliphatic carboxylic acids is 1. The van der Waals surface area contributed by atoms with Crippen LogP contribution in [0.1, 0.15) is 18.4 Å². The summed E-state index contributed by atoms with van der Waals surface area (Å²) < 4.78 is 0. The van der Waals surface area contributed by atoms with Gasteiger partial charge in [0.1, 0.15) is 0 Å². The van der Waals surface area contributed by atoms with Gasteiger partial charge in [0.15, 0.2) is 0 Å². The number of fused-ring (bicyclic) bond motifs is 3. The predicted octanol–water partition coefficient (Wildman–Crippen LogP) is 2.49. The zero-order chi connectivity index (χ0) is 15.3. The lowest BCUT2D eigenvalue weighted by molar-refractivity contribution is -0.147. The molecule has 4 rings (SSSR count). The van der Waals surface area contributed by atoms with Gasteiger partial charge in [0.05, 0.1) is 11.8 Å². The number of carbonyl (C=O) groups is 2. The Balaban J connectivity index is 1.68. The molecule has 0 unspecified atom stereocenters. The number of hydrogen-bond acceptors (Lipinski definition) is 2. The van der Waals surface area contributed by atoms with Gasteiger partial charge in [-0.1, -0.05) is 30.4 Å². The summed E-state index contributed by atoms with van der Waals surface area (Å²) in [7, 11) is 0. The maximum absolute atomic E-state index is 13.1. The first kappa shape index (κ1) is 13.6. The summed E-state index contributed by atoms with van der Waals surface area (Å²) in [4.78, 5) is 26.6. The van der Waals surface area contributed by atoms with Gasteiger partial charge in [0, 0.05) is 12.2 Å². The first-order chi connectivity index (χ1) is 10.7.